The van der Waals surface area contributed by atoms with Crippen molar-refractivity contribution < 1.29 is 67.7 Å². The highest BCUT2D eigenvalue weighted by Gasteiger charge is 2.34. The summed E-state index contributed by atoms with van der Waals surface area (Å²) >= 11 is 11.1. The molecular formula is C45H26Cl2F10N8O5. The normalized spacial score (nSPS) is 11.3. The van der Waals surface area contributed by atoms with Crippen LogP contribution in [0.5, 0.6) is 28.9 Å². The molecule has 0 radical (unpaired) electrons. The molecule has 25 heteroatoms. The number of methoxy groups -OCH3 is 1. The molecule has 0 aliphatic carbocycles. The minimum Gasteiger partial charge on any atom is -0.480 e. The summed E-state index contributed by atoms with van der Waals surface area (Å²) in [5.74, 6) is -6.22. The third-order valence-corrected chi connectivity index (χ3v) is 9.86. The van der Waals surface area contributed by atoms with E-state index in [9.17, 15) is 53.5 Å². The molecule has 360 valence electrons. The Kier molecular flexibility index (Phi) is 14.6. The van der Waals surface area contributed by atoms with E-state index in [1.165, 1.54) is 62.1 Å². The largest absolute Gasteiger partial charge is 0.480 e. The van der Waals surface area contributed by atoms with Crippen molar-refractivity contribution in [2.24, 2.45) is 0 Å². The number of carbonyl (C=O) groups is 2. The number of halogens is 12. The molecule has 70 heavy (non-hydrogen) atoms. The lowest BCUT2D eigenvalue weighted by atomic mass is 10.2. The first kappa shape index (κ1) is 49.7. The smallest absolute Gasteiger partial charge is 0.417 e. The van der Waals surface area contributed by atoms with Crippen molar-refractivity contribution in [3.05, 3.63) is 160 Å². The van der Waals surface area contributed by atoms with E-state index in [-0.39, 0.29) is 28.6 Å². The number of ether oxygens (including phenoxy) is 3. The Morgan fingerprint density at radius 3 is 1.63 bits per heavy atom. The Labute approximate surface area is 396 Å². The molecule has 0 atom stereocenters. The van der Waals surface area contributed by atoms with Gasteiger partial charge in [-0.3, -0.25) is 9.97 Å². The van der Waals surface area contributed by atoms with Crippen LogP contribution in [0, 0.1) is 23.3 Å². The van der Waals surface area contributed by atoms with E-state index in [0.29, 0.717) is 51.9 Å². The minimum absolute atomic E-state index is 0.0477. The van der Waals surface area contributed by atoms with Crippen LogP contribution in [0.25, 0.3) is 22.1 Å². The first-order chi connectivity index (χ1) is 33.1. The topological polar surface area (TPSA) is 162 Å². The maximum Gasteiger partial charge on any atom is 0.417 e. The van der Waals surface area contributed by atoms with E-state index in [4.69, 9.17) is 37.4 Å². The summed E-state index contributed by atoms with van der Waals surface area (Å²) in [6.45, 7) is 0. The molecule has 6 aromatic carbocycles. The lowest BCUT2D eigenvalue weighted by molar-refractivity contribution is -0.138. The van der Waals surface area contributed by atoms with Gasteiger partial charge in [-0.15, -0.1) is 0 Å². The average Bonchev–Trinajstić information content (AvgIpc) is 3.30. The van der Waals surface area contributed by atoms with Gasteiger partial charge in [0.2, 0.25) is 17.4 Å². The summed E-state index contributed by atoms with van der Waals surface area (Å²) in [5.41, 5.74) is -1.76. The molecule has 8 rings (SSSR count). The van der Waals surface area contributed by atoms with Gasteiger partial charge in [-0.2, -0.15) is 30.7 Å². The van der Waals surface area contributed by atoms with Crippen LogP contribution in [0.1, 0.15) is 11.1 Å². The zero-order chi connectivity index (χ0) is 50.5. The number of alkyl halides is 6. The van der Waals surface area contributed by atoms with Crippen molar-refractivity contribution >= 4 is 80.1 Å². The summed E-state index contributed by atoms with van der Waals surface area (Å²) in [5, 5.41) is 7.32. The third kappa shape index (κ3) is 12.1. The van der Waals surface area contributed by atoms with Crippen LogP contribution in [0.4, 0.5) is 76.2 Å². The fraction of sp³-hybridized carbons (Fsp3) is 0.0667. The third-order valence-electron chi connectivity index (χ3n) is 9.20. The maximum atomic E-state index is 14.6. The van der Waals surface area contributed by atoms with E-state index in [0.717, 1.165) is 24.3 Å². The predicted octanol–water partition coefficient (Wildman–Crippen LogP) is 14.0. The summed E-state index contributed by atoms with van der Waals surface area (Å²) in [4.78, 5) is 40.8. The van der Waals surface area contributed by atoms with Crippen LogP contribution in [0.2, 0.25) is 10.0 Å². The zero-order valence-corrected chi connectivity index (χ0v) is 36.3. The Bertz CT molecular complexity index is 3300. The predicted molar refractivity (Wildman–Crippen MR) is 237 cm³/mol. The van der Waals surface area contributed by atoms with E-state index >= 15 is 0 Å². The van der Waals surface area contributed by atoms with E-state index in [1.807, 2.05) is 10.6 Å². The van der Waals surface area contributed by atoms with Gasteiger partial charge < -0.3 is 35.5 Å². The van der Waals surface area contributed by atoms with Crippen molar-refractivity contribution in [3.63, 3.8) is 0 Å². The first-order valence-electron chi connectivity index (χ1n) is 19.4. The van der Waals surface area contributed by atoms with Gasteiger partial charge in [-0.05, 0) is 72.8 Å². The molecule has 0 aliphatic rings. The summed E-state index contributed by atoms with van der Waals surface area (Å²) in [6.07, 6.45) is -5.18. The first-order valence-corrected chi connectivity index (χ1v) is 20.1. The molecule has 4 amide bonds. The number of nitrogens with one attached hydrogen (secondary N) is 4. The van der Waals surface area contributed by atoms with Crippen LogP contribution < -0.4 is 35.5 Å². The van der Waals surface area contributed by atoms with E-state index < -0.39 is 80.3 Å². The zero-order valence-electron chi connectivity index (χ0n) is 34.8. The Balaban J connectivity index is 0.000000206. The molecule has 0 saturated carbocycles. The van der Waals surface area contributed by atoms with E-state index in [2.05, 4.69) is 30.6 Å². The van der Waals surface area contributed by atoms with Gasteiger partial charge in [-0.25, -0.2) is 32.7 Å². The fourth-order valence-corrected chi connectivity index (χ4v) is 6.48. The number of anilines is 4. The highest BCUT2D eigenvalue weighted by Crippen LogP contribution is 2.39. The number of aromatic nitrogens is 4. The van der Waals surface area contributed by atoms with Crippen molar-refractivity contribution in [2.75, 3.05) is 28.4 Å². The molecule has 2 aromatic heterocycles. The van der Waals surface area contributed by atoms with Gasteiger partial charge in [0.15, 0.2) is 23.2 Å². The Hall–Kier alpha value is -8.18. The number of benzene rings is 6. The number of amides is 4. The van der Waals surface area contributed by atoms with Crippen molar-refractivity contribution in [1.82, 2.24) is 19.9 Å². The monoisotopic (exact) mass is 1020 g/mol. The highest BCUT2D eigenvalue weighted by molar-refractivity contribution is 6.32. The number of nitrogens with zero attached hydrogens (tertiary/aromatic N) is 4. The number of hydrogen-bond donors (Lipinski definition) is 4. The minimum atomic E-state index is -4.79. The quantitative estimate of drug-likeness (QED) is 0.0815. The molecule has 0 saturated heterocycles. The lowest BCUT2D eigenvalue weighted by Crippen LogP contribution is -2.21. The van der Waals surface area contributed by atoms with Crippen LogP contribution in [0.15, 0.2) is 116 Å². The number of carbonyl (C=O) groups excluding carboxylic acids is 2. The van der Waals surface area contributed by atoms with Crippen molar-refractivity contribution in [2.45, 2.75) is 12.4 Å². The van der Waals surface area contributed by atoms with Crippen LogP contribution >= 0.6 is 23.2 Å². The molecule has 4 N–H and O–H groups in total. The van der Waals surface area contributed by atoms with Crippen LogP contribution in [-0.2, 0) is 12.4 Å². The van der Waals surface area contributed by atoms with E-state index in [1.54, 1.807) is 18.2 Å². The molecule has 8 aromatic rings. The summed E-state index contributed by atoms with van der Waals surface area (Å²) in [6, 6.07) is 16.3. The van der Waals surface area contributed by atoms with Crippen molar-refractivity contribution in [3.8, 4) is 28.9 Å². The fourth-order valence-electron chi connectivity index (χ4n) is 6.03. The molecule has 0 unspecified atom stereocenters. The van der Waals surface area contributed by atoms with Crippen molar-refractivity contribution in [1.29, 1.82) is 0 Å². The molecule has 0 aliphatic heterocycles. The van der Waals surface area contributed by atoms with Gasteiger partial charge in [0.05, 0.1) is 62.2 Å². The Morgan fingerprint density at radius 1 is 0.543 bits per heavy atom. The molecule has 0 fully saturated rings. The standard InChI is InChI=1S/C23H15ClF4N4O3.C22H11ClF6N4O2/c1-34-21-11-29-18-6-4-14(10-19(18)32-21)35-20-7-3-13(9-17(20)25)31-22(33)30-12-2-5-16(24)15(8-12)23(26,27)28;23-13-3-1-10(7-12(13)22(27,28)29)32-21(34)33-17-9-14(24)20(19(26)18(17)25)35-11-2-4-15-16(8-11)31-6-5-30-15/h2-11H,1H3,(H2,30,31,33);1-9H,(H2,32,33,34). The highest BCUT2D eigenvalue weighted by atomic mass is 35.5. The number of urea groups is 2. The number of rotatable bonds is 9. The average molecular weight is 1020 g/mol. The molecular weight excluding hydrogens is 993 g/mol. The van der Waals surface area contributed by atoms with Gasteiger partial charge in [0, 0.05) is 53.7 Å². The van der Waals surface area contributed by atoms with Crippen LogP contribution in [0.3, 0.4) is 0 Å². The SMILES string of the molecule is COc1cnc2ccc(Oc3ccc(NC(=O)Nc4ccc(Cl)c(C(F)(F)F)c4)cc3F)cc2n1.O=C(Nc1ccc(Cl)c(C(F)(F)F)c1)Nc1cc(F)c(Oc2ccc3nccnc3c2)c(F)c1F. The summed E-state index contributed by atoms with van der Waals surface area (Å²) in [7, 11) is 1.46. The second-order valence-electron chi connectivity index (χ2n) is 14.0. The van der Waals surface area contributed by atoms with Gasteiger partial charge >= 0.3 is 24.4 Å². The maximum absolute atomic E-state index is 14.6. The molecule has 0 bridgehead atoms. The molecule has 0 spiro atoms. The molecule has 13 nitrogen and oxygen atoms in total. The Morgan fingerprint density at radius 2 is 1.06 bits per heavy atom. The number of hydrogen-bond acceptors (Lipinski definition) is 9. The lowest BCUT2D eigenvalue weighted by Gasteiger charge is -2.14. The van der Waals surface area contributed by atoms with Crippen LogP contribution in [-0.4, -0.2) is 39.1 Å². The number of fused-ring (bicyclic) bond motifs is 2. The summed E-state index contributed by atoms with van der Waals surface area (Å²) < 4.78 is 152. The van der Waals surface area contributed by atoms with Gasteiger partial charge in [0.1, 0.15) is 11.5 Å². The second kappa shape index (κ2) is 20.6. The molecule has 2 heterocycles. The second-order valence-corrected chi connectivity index (χ2v) is 14.8. The van der Waals surface area contributed by atoms with Gasteiger partial charge in [-0.1, -0.05) is 23.2 Å². The van der Waals surface area contributed by atoms with Gasteiger partial charge in [0.25, 0.3) is 0 Å².